The third kappa shape index (κ3) is 3.27. The average molecular weight is 387 g/mol. The van der Waals surface area contributed by atoms with Crippen LogP contribution in [0.2, 0.25) is 5.02 Å². The summed E-state index contributed by atoms with van der Waals surface area (Å²) in [4.78, 5) is 12.9. The Morgan fingerprint density at radius 3 is 2.48 bits per heavy atom. The van der Waals surface area contributed by atoms with Crippen molar-refractivity contribution >= 4 is 28.5 Å². The number of para-hydroxylation sites is 1. The molecule has 5 heteroatoms. The molecule has 1 amide bonds. The summed E-state index contributed by atoms with van der Waals surface area (Å²) < 4.78 is 5.81. The van der Waals surface area contributed by atoms with Crippen LogP contribution in [0.25, 0.3) is 11.0 Å². The van der Waals surface area contributed by atoms with E-state index in [9.17, 15) is 4.79 Å². The highest BCUT2D eigenvalue weighted by molar-refractivity contribution is 6.34. The molecule has 0 spiro atoms. The largest absolute Gasteiger partial charge is 0.458 e. The van der Waals surface area contributed by atoms with Gasteiger partial charge in [-0.15, -0.1) is 0 Å². The first-order valence-electron chi connectivity index (χ1n) is 10.3. The van der Waals surface area contributed by atoms with Crippen LogP contribution in [0.15, 0.2) is 28.7 Å². The van der Waals surface area contributed by atoms with Crippen LogP contribution >= 0.6 is 11.6 Å². The summed E-state index contributed by atoms with van der Waals surface area (Å²) in [5, 5.41) is 8.23. The van der Waals surface area contributed by atoms with E-state index in [-0.39, 0.29) is 5.41 Å². The number of hydrogen-bond donors (Lipinski definition) is 2. The molecule has 4 aliphatic carbocycles. The summed E-state index contributed by atoms with van der Waals surface area (Å²) in [6, 6.07) is 7.78. The molecule has 144 valence electrons. The predicted octanol–water partition coefficient (Wildman–Crippen LogP) is 4.51. The van der Waals surface area contributed by atoms with Crippen molar-refractivity contribution in [2.45, 2.75) is 45.1 Å². The van der Waals surface area contributed by atoms with Crippen molar-refractivity contribution in [2.75, 3.05) is 13.1 Å². The fourth-order valence-corrected chi connectivity index (χ4v) is 6.44. The molecule has 1 heterocycles. The van der Waals surface area contributed by atoms with Crippen LogP contribution in [0.5, 0.6) is 0 Å². The average Bonchev–Trinajstić information content (AvgIpc) is 3.04. The standard InChI is InChI=1S/C22H27ClN2O2/c23-19-3-1-2-17-9-18(27-20(17)19)13-24-4-5-25-21(26)22-10-14-6-15(11-22)8-16(7-14)12-22/h1-3,9,14-16,24H,4-8,10-13H2,(H,25,26). The van der Waals surface area contributed by atoms with Crippen molar-refractivity contribution in [1.29, 1.82) is 0 Å². The van der Waals surface area contributed by atoms with Crippen LogP contribution in [0.3, 0.4) is 0 Å². The fourth-order valence-electron chi connectivity index (χ4n) is 6.22. The molecule has 2 aromatic rings. The van der Waals surface area contributed by atoms with Crippen molar-refractivity contribution in [3.8, 4) is 0 Å². The number of fused-ring (bicyclic) bond motifs is 1. The van der Waals surface area contributed by atoms with Crippen LogP contribution in [0.4, 0.5) is 0 Å². The lowest BCUT2D eigenvalue weighted by Crippen LogP contribution is -2.54. The topological polar surface area (TPSA) is 54.3 Å². The first kappa shape index (κ1) is 17.6. The van der Waals surface area contributed by atoms with Crippen LogP contribution < -0.4 is 10.6 Å². The van der Waals surface area contributed by atoms with Gasteiger partial charge < -0.3 is 15.1 Å². The molecule has 0 atom stereocenters. The molecule has 27 heavy (non-hydrogen) atoms. The summed E-state index contributed by atoms with van der Waals surface area (Å²) in [6.07, 6.45) is 7.48. The smallest absolute Gasteiger partial charge is 0.226 e. The Bertz CT molecular complexity index is 824. The van der Waals surface area contributed by atoms with Crippen molar-refractivity contribution < 1.29 is 9.21 Å². The minimum Gasteiger partial charge on any atom is -0.458 e. The Morgan fingerprint density at radius 2 is 1.81 bits per heavy atom. The monoisotopic (exact) mass is 386 g/mol. The van der Waals surface area contributed by atoms with Crippen LogP contribution in [0.1, 0.15) is 44.3 Å². The molecule has 6 rings (SSSR count). The van der Waals surface area contributed by atoms with Crippen molar-refractivity contribution in [3.05, 3.63) is 35.0 Å². The predicted molar refractivity (Wildman–Crippen MR) is 107 cm³/mol. The van der Waals surface area contributed by atoms with Gasteiger partial charge in [-0.2, -0.15) is 0 Å². The molecular formula is C22H27ClN2O2. The van der Waals surface area contributed by atoms with E-state index in [1.54, 1.807) is 0 Å². The molecule has 4 nitrogen and oxygen atoms in total. The van der Waals surface area contributed by atoms with Gasteiger partial charge in [0.2, 0.25) is 5.91 Å². The molecule has 4 fully saturated rings. The fraction of sp³-hybridized carbons (Fsp3) is 0.591. The molecule has 4 bridgehead atoms. The van der Waals surface area contributed by atoms with Crippen molar-refractivity contribution in [1.82, 2.24) is 10.6 Å². The number of halogens is 1. The highest BCUT2D eigenvalue weighted by atomic mass is 35.5. The second kappa shape index (κ2) is 6.82. The van der Waals surface area contributed by atoms with Gasteiger partial charge in [0.1, 0.15) is 5.76 Å². The Hall–Kier alpha value is -1.52. The maximum absolute atomic E-state index is 12.9. The first-order valence-corrected chi connectivity index (χ1v) is 10.6. The van der Waals surface area contributed by atoms with Gasteiger partial charge in [0, 0.05) is 23.9 Å². The normalized spacial score (nSPS) is 31.5. The number of hydrogen-bond acceptors (Lipinski definition) is 3. The van der Waals surface area contributed by atoms with Crippen molar-refractivity contribution in [2.24, 2.45) is 23.2 Å². The van der Waals surface area contributed by atoms with Gasteiger partial charge in [0.15, 0.2) is 5.58 Å². The second-order valence-corrected chi connectivity index (χ2v) is 9.41. The van der Waals surface area contributed by atoms with E-state index < -0.39 is 0 Å². The number of benzene rings is 1. The van der Waals surface area contributed by atoms with E-state index in [1.807, 2.05) is 24.3 Å². The first-order chi connectivity index (χ1) is 13.1. The molecule has 1 aromatic carbocycles. The van der Waals surface area contributed by atoms with Gasteiger partial charge in [0.25, 0.3) is 0 Å². The molecule has 4 saturated carbocycles. The Balaban J connectivity index is 1.11. The minimum atomic E-state index is -0.0514. The zero-order valence-corrected chi connectivity index (χ0v) is 16.4. The van der Waals surface area contributed by atoms with Gasteiger partial charge in [-0.3, -0.25) is 4.79 Å². The van der Waals surface area contributed by atoms with Gasteiger partial charge in [-0.25, -0.2) is 0 Å². The van der Waals surface area contributed by atoms with Crippen molar-refractivity contribution in [3.63, 3.8) is 0 Å². The molecule has 0 aliphatic heterocycles. The lowest BCUT2D eigenvalue weighted by Gasteiger charge is -2.55. The maximum atomic E-state index is 12.9. The number of nitrogens with one attached hydrogen (secondary N) is 2. The molecule has 1 aromatic heterocycles. The van der Waals surface area contributed by atoms with E-state index in [0.29, 0.717) is 24.0 Å². The minimum absolute atomic E-state index is 0.0514. The SMILES string of the molecule is O=C(NCCNCc1cc2cccc(Cl)c2o1)C12CC3CC(CC(C3)C1)C2. The van der Waals surface area contributed by atoms with E-state index in [1.165, 1.54) is 19.3 Å². The van der Waals surface area contributed by atoms with E-state index in [4.69, 9.17) is 16.0 Å². The quantitative estimate of drug-likeness (QED) is 0.718. The number of rotatable bonds is 6. The number of carbonyl (C=O) groups excluding carboxylic acids is 1. The van der Waals surface area contributed by atoms with Crippen LogP contribution in [0, 0.1) is 23.2 Å². The lowest BCUT2D eigenvalue weighted by atomic mass is 9.49. The summed E-state index contributed by atoms with van der Waals surface area (Å²) in [7, 11) is 0. The van der Waals surface area contributed by atoms with Gasteiger partial charge >= 0.3 is 0 Å². The molecular weight excluding hydrogens is 360 g/mol. The number of amides is 1. The molecule has 0 saturated heterocycles. The zero-order chi connectivity index (χ0) is 18.4. The molecule has 0 unspecified atom stereocenters. The maximum Gasteiger partial charge on any atom is 0.226 e. The second-order valence-electron chi connectivity index (χ2n) is 9.00. The Kier molecular flexibility index (Phi) is 4.44. The van der Waals surface area contributed by atoms with E-state index >= 15 is 0 Å². The Labute approximate surface area is 165 Å². The van der Waals surface area contributed by atoms with Gasteiger partial charge in [-0.05, 0) is 68.4 Å². The summed E-state index contributed by atoms with van der Waals surface area (Å²) in [6.45, 7) is 2.04. The van der Waals surface area contributed by atoms with E-state index in [0.717, 1.165) is 60.3 Å². The highest BCUT2D eigenvalue weighted by Crippen LogP contribution is 2.60. The number of furan rings is 1. The Morgan fingerprint density at radius 1 is 1.11 bits per heavy atom. The third-order valence-corrected chi connectivity index (χ3v) is 7.25. The van der Waals surface area contributed by atoms with Crippen LogP contribution in [-0.2, 0) is 11.3 Å². The molecule has 4 aliphatic rings. The zero-order valence-electron chi connectivity index (χ0n) is 15.6. The molecule has 0 radical (unpaired) electrons. The van der Waals surface area contributed by atoms with Gasteiger partial charge in [-0.1, -0.05) is 23.7 Å². The lowest BCUT2D eigenvalue weighted by molar-refractivity contribution is -0.146. The van der Waals surface area contributed by atoms with E-state index in [2.05, 4.69) is 10.6 Å². The third-order valence-electron chi connectivity index (χ3n) is 6.95. The number of carbonyl (C=O) groups is 1. The summed E-state index contributed by atoms with van der Waals surface area (Å²) >= 11 is 6.16. The highest BCUT2D eigenvalue weighted by Gasteiger charge is 2.54. The van der Waals surface area contributed by atoms with Crippen LogP contribution in [-0.4, -0.2) is 19.0 Å². The summed E-state index contributed by atoms with van der Waals surface area (Å²) in [5.41, 5.74) is 0.690. The summed E-state index contributed by atoms with van der Waals surface area (Å²) in [5.74, 6) is 3.59. The molecule has 2 N–H and O–H groups in total. The van der Waals surface area contributed by atoms with Gasteiger partial charge in [0.05, 0.1) is 11.6 Å².